The van der Waals surface area contributed by atoms with Gasteiger partial charge in [-0.15, -0.1) is 0 Å². The molecule has 0 amide bonds. The summed E-state index contributed by atoms with van der Waals surface area (Å²) < 4.78 is 0. The van der Waals surface area contributed by atoms with Gasteiger partial charge >= 0.3 is 0 Å². The van der Waals surface area contributed by atoms with Crippen molar-refractivity contribution in [3.63, 3.8) is 0 Å². The van der Waals surface area contributed by atoms with Crippen LogP contribution < -0.4 is 5.32 Å². The quantitative estimate of drug-likeness (QED) is 0.641. The molecule has 0 aromatic heterocycles. The molecule has 1 unspecified atom stereocenters. The van der Waals surface area contributed by atoms with Gasteiger partial charge in [0.2, 0.25) is 0 Å². The predicted octanol–water partition coefficient (Wildman–Crippen LogP) is 2.80. The number of benzene rings is 1. The third-order valence-electron chi connectivity index (χ3n) is 4.17. The van der Waals surface area contributed by atoms with Crippen LogP contribution in [0.4, 0.5) is 5.69 Å². The highest BCUT2D eigenvalue weighted by molar-refractivity contribution is 5.35. The summed E-state index contributed by atoms with van der Waals surface area (Å²) in [5.41, 5.74) is 1.09. The Morgan fingerprint density at radius 1 is 1.40 bits per heavy atom. The SMILES string of the molecule is CC(NC1CCC(CO)CC1)c1cccc([N+](=O)[O-])c1. The molecule has 1 saturated carbocycles. The number of nitrogens with one attached hydrogen (secondary N) is 1. The Labute approximate surface area is 119 Å². The minimum absolute atomic E-state index is 0.102. The zero-order valence-corrected chi connectivity index (χ0v) is 11.8. The van der Waals surface area contributed by atoms with Crippen LogP contribution in [-0.4, -0.2) is 22.7 Å². The van der Waals surface area contributed by atoms with Crippen LogP contribution in [0.1, 0.15) is 44.2 Å². The molecule has 5 heteroatoms. The molecule has 5 nitrogen and oxygen atoms in total. The minimum Gasteiger partial charge on any atom is -0.396 e. The van der Waals surface area contributed by atoms with E-state index in [-0.39, 0.29) is 23.3 Å². The van der Waals surface area contributed by atoms with E-state index in [1.54, 1.807) is 12.1 Å². The lowest BCUT2D eigenvalue weighted by molar-refractivity contribution is -0.384. The monoisotopic (exact) mass is 278 g/mol. The summed E-state index contributed by atoms with van der Waals surface area (Å²) >= 11 is 0. The molecule has 20 heavy (non-hydrogen) atoms. The number of rotatable bonds is 5. The first-order valence-electron chi connectivity index (χ1n) is 7.21. The van der Waals surface area contributed by atoms with Crippen molar-refractivity contribution in [3.05, 3.63) is 39.9 Å². The molecule has 2 rings (SSSR count). The first-order valence-corrected chi connectivity index (χ1v) is 7.21. The lowest BCUT2D eigenvalue weighted by Gasteiger charge is -2.30. The maximum absolute atomic E-state index is 10.8. The van der Waals surface area contributed by atoms with Gasteiger partial charge in [0.15, 0.2) is 0 Å². The van der Waals surface area contributed by atoms with Crippen LogP contribution in [0.2, 0.25) is 0 Å². The number of nitrogens with zero attached hydrogens (tertiary/aromatic N) is 1. The van der Waals surface area contributed by atoms with Crippen molar-refractivity contribution in [2.75, 3.05) is 6.61 Å². The van der Waals surface area contributed by atoms with Gasteiger partial charge < -0.3 is 10.4 Å². The van der Waals surface area contributed by atoms with E-state index in [1.165, 1.54) is 6.07 Å². The Bertz CT molecular complexity index is 456. The highest BCUT2D eigenvalue weighted by atomic mass is 16.6. The number of hydrogen-bond acceptors (Lipinski definition) is 4. The van der Waals surface area contributed by atoms with E-state index >= 15 is 0 Å². The van der Waals surface area contributed by atoms with E-state index in [4.69, 9.17) is 5.11 Å². The summed E-state index contributed by atoms with van der Waals surface area (Å²) in [6.45, 7) is 2.32. The second-order valence-electron chi connectivity index (χ2n) is 5.64. The lowest BCUT2D eigenvalue weighted by atomic mass is 9.86. The van der Waals surface area contributed by atoms with Gasteiger partial charge in [-0.1, -0.05) is 12.1 Å². The molecule has 110 valence electrons. The van der Waals surface area contributed by atoms with Gasteiger partial charge in [-0.05, 0) is 44.1 Å². The van der Waals surface area contributed by atoms with Crippen LogP contribution in [-0.2, 0) is 0 Å². The molecule has 1 aromatic rings. The first-order chi connectivity index (χ1) is 9.60. The number of hydrogen-bond donors (Lipinski definition) is 2. The zero-order valence-electron chi connectivity index (χ0n) is 11.8. The molecule has 2 N–H and O–H groups in total. The molecule has 0 heterocycles. The highest BCUT2D eigenvalue weighted by Crippen LogP contribution is 2.26. The van der Waals surface area contributed by atoms with E-state index < -0.39 is 0 Å². The van der Waals surface area contributed by atoms with E-state index in [1.807, 2.05) is 13.0 Å². The van der Waals surface area contributed by atoms with Crippen LogP contribution in [0.25, 0.3) is 0 Å². The zero-order chi connectivity index (χ0) is 14.5. The van der Waals surface area contributed by atoms with Gasteiger partial charge in [0.25, 0.3) is 5.69 Å². The third kappa shape index (κ3) is 3.77. The highest BCUT2D eigenvalue weighted by Gasteiger charge is 2.22. The molecule has 1 fully saturated rings. The summed E-state index contributed by atoms with van der Waals surface area (Å²) in [7, 11) is 0. The molecule has 0 aliphatic heterocycles. The number of nitro benzene ring substituents is 1. The fourth-order valence-electron chi connectivity index (χ4n) is 2.87. The van der Waals surface area contributed by atoms with Gasteiger partial charge in [0.05, 0.1) is 4.92 Å². The summed E-state index contributed by atoms with van der Waals surface area (Å²) in [5, 5.41) is 23.5. The fraction of sp³-hybridized carbons (Fsp3) is 0.600. The van der Waals surface area contributed by atoms with Crippen LogP contribution >= 0.6 is 0 Å². The van der Waals surface area contributed by atoms with Crippen molar-refractivity contribution in [2.24, 2.45) is 5.92 Å². The van der Waals surface area contributed by atoms with E-state index in [0.717, 1.165) is 31.2 Å². The summed E-state index contributed by atoms with van der Waals surface area (Å²) in [6.07, 6.45) is 4.22. The molecular formula is C15H22N2O3. The summed E-state index contributed by atoms with van der Waals surface area (Å²) in [4.78, 5) is 10.4. The largest absolute Gasteiger partial charge is 0.396 e. The molecule has 0 radical (unpaired) electrons. The van der Waals surface area contributed by atoms with Crippen LogP contribution in [0.5, 0.6) is 0 Å². The number of nitro groups is 1. The first kappa shape index (κ1) is 14.9. The minimum atomic E-state index is -0.358. The second-order valence-corrected chi connectivity index (χ2v) is 5.64. The van der Waals surface area contributed by atoms with Crippen LogP contribution in [0, 0.1) is 16.0 Å². The second kappa shape index (κ2) is 6.81. The van der Waals surface area contributed by atoms with Crippen molar-refractivity contribution in [1.82, 2.24) is 5.32 Å². The number of non-ortho nitro benzene ring substituents is 1. The Balaban J connectivity index is 1.93. The van der Waals surface area contributed by atoms with Gasteiger partial charge in [-0.3, -0.25) is 10.1 Å². The Kier molecular flexibility index (Phi) is 5.09. The molecule has 0 bridgehead atoms. The lowest BCUT2D eigenvalue weighted by Crippen LogP contribution is -2.35. The molecule has 1 aliphatic rings. The van der Waals surface area contributed by atoms with Crippen molar-refractivity contribution in [1.29, 1.82) is 0 Å². The molecular weight excluding hydrogens is 256 g/mol. The molecule has 1 aromatic carbocycles. The van der Waals surface area contributed by atoms with Crippen molar-refractivity contribution in [2.45, 2.75) is 44.7 Å². The topological polar surface area (TPSA) is 75.4 Å². The third-order valence-corrected chi connectivity index (χ3v) is 4.17. The summed E-state index contributed by atoms with van der Waals surface area (Å²) in [6, 6.07) is 7.34. The summed E-state index contributed by atoms with van der Waals surface area (Å²) in [5.74, 6) is 0.446. The Morgan fingerprint density at radius 3 is 2.70 bits per heavy atom. The number of aliphatic hydroxyl groups excluding tert-OH is 1. The maximum atomic E-state index is 10.8. The fourth-order valence-corrected chi connectivity index (χ4v) is 2.87. The van der Waals surface area contributed by atoms with Gasteiger partial charge in [0.1, 0.15) is 0 Å². The van der Waals surface area contributed by atoms with Crippen LogP contribution in [0.3, 0.4) is 0 Å². The van der Waals surface area contributed by atoms with E-state index in [2.05, 4.69) is 5.32 Å². The molecule has 0 saturated heterocycles. The smallest absolute Gasteiger partial charge is 0.269 e. The molecule has 1 aliphatic carbocycles. The van der Waals surface area contributed by atoms with Crippen molar-refractivity contribution < 1.29 is 10.0 Å². The Morgan fingerprint density at radius 2 is 2.10 bits per heavy atom. The van der Waals surface area contributed by atoms with Gasteiger partial charge in [-0.25, -0.2) is 0 Å². The van der Waals surface area contributed by atoms with Crippen LogP contribution in [0.15, 0.2) is 24.3 Å². The van der Waals surface area contributed by atoms with E-state index in [0.29, 0.717) is 12.0 Å². The number of aliphatic hydroxyl groups is 1. The van der Waals surface area contributed by atoms with Crippen molar-refractivity contribution in [3.8, 4) is 0 Å². The standard InChI is InChI=1S/C15H22N2O3/c1-11(13-3-2-4-15(9-13)17(19)20)16-14-7-5-12(10-18)6-8-14/h2-4,9,11-12,14,16,18H,5-8,10H2,1H3. The Hall–Kier alpha value is -1.46. The predicted molar refractivity (Wildman–Crippen MR) is 77.5 cm³/mol. The average Bonchev–Trinajstić information content (AvgIpc) is 2.48. The van der Waals surface area contributed by atoms with Gasteiger partial charge in [0, 0.05) is 30.8 Å². The van der Waals surface area contributed by atoms with Gasteiger partial charge in [-0.2, -0.15) is 0 Å². The molecule has 0 spiro atoms. The average molecular weight is 278 g/mol. The normalized spacial score (nSPS) is 24.3. The maximum Gasteiger partial charge on any atom is 0.269 e. The van der Waals surface area contributed by atoms with E-state index in [9.17, 15) is 10.1 Å². The van der Waals surface area contributed by atoms with Crippen molar-refractivity contribution >= 4 is 5.69 Å². The molecule has 1 atom stereocenters.